The van der Waals surface area contributed by atoms with Crippen LogP contribution in [0, 0.1) is 10.6 Å². The highest BCUT2D eigenvalue weighted by Crippen LogP contribution is 2.10. The molecule has 0 aliphatic carbocycles. The van der Waals surface area contributed by atoms with Crippen molar-refractivity contribution in [2.75, 3.05) is 0 Å². The Hall–Kier alpha value is -2.35. The van der Waals surface area contributed by atoms with Gasteiger partial charge in [-0.3, -0.25) is 14.7 Å². The monoisotopic (exact) mass is 295 g/mol. The van der Waals surface area contributed by atoms with Crippen molar-refractivity contribution in [3.8, 4) is 5.69 Å². The predicted octanol–water partition coefficient (Wildman–Crippen LogP) is 1.45. The van der Waals surface area contributed by atoms with Crippen LogP contribution in [0.5, 0.6) is 0 Å². The summed E-state index contributed by atoms with van der Waals surface area (Å²) in [7, 11) is 0. The maximum atomic E-state index is 13.7. The van der Waals surface area contributed by atoms with E-state index >= 15 is 0 Å². The summed E-state index contributed by atoms with van der Waals surface area (Å²) in [6.45, 7) is 0. The van der Waals surface area contributed by atoms with E-state index < -0.39 is 17.3 Å². The fraction of sp³-hybridized carbons (Fsp3) is 0.167. The van der Waals surface area contributed by atoms with Crippen molar-refractivity contribution in [2.24, 2.45) is 0 Å². The minimum Gasteiger partial charge on any atom is -0.481 e. The molecule has 6 nitrogen and oxygen atoms in total. The Bertz CT molecular complexity index is 769. The van der Waals surface area contributed by atoms with Crippen LogP contribution in [0.1, 0.15) is 12.1 Å². The Morgan fingerprint density at radius 1 is 1.45 bits per heavy atom. The lowest BCUT2D eigenvalue weighted by molar-refractivity contribution is -0.136. The number of aliphatic carboxylic acids is 1. The molecule has 2 aromatic rings. The predicted molar refractivity (Wildman–Crippen MR) is 70.9 cm³/mol. The van der Waals surface area contributed by atoms with E-state index in [-0.39, 0.29) is 29.0 Å². The molecule has 0 fully saturated rings. The van der Waals surface area contributed by atoms with Gasteiger partial charge in [0, 0.05) is 6.42 Å². The van der Waals surface area contributed by atoms with Gasteiger partial charge in [0.1, 0.15) is 11.5 Å². The molecule has 0 atom stereocenters. The van der Waals surface area contributed by atoms with Gasteiger partial charge in [-0.15, -0.1) is 0 Å². The molecule has 1 heterocycles. The molecular formula is C12H10FN3O3S. The number of H-pyrrole nitrogens is 1. The second-order valence-corrected chi connectivity index (χ2v) is 4.35. The highest BCUT2D eigenvalue weighted by atomic mass is 32.1. The SMILES string of the molecule is O=C(O)CCc1n[nH]c(=S)n(-c2ccccc2F)c1=O. The Balaban J connectivity index is 2.57. The largest absolute Gasteiger partial charge is 0.481 e. The fourth-order valence-corrected chi connectivity index (χ4v) is 1.90. The van der Waals surface area contributed by atoms with Crippen LogP contribution in [0.15, 0.2) is 29.1 Å². The number of carboxylic acid groups (broad SMARTS) is 1. The van der Waals surface area contributed by atoms with E-state index in [2.05, 4.69) is 10.2 Å². The average molecular weight is 295 g/mol. The van der Waals surface area contributed by atoms with Gasteiger partial charge in [0.2, 0.25) is 4.77 Å². The summed E-state index contributed by atoms with van der Waals surface area (Å²) in [5.41, 5.74) is -0.637. The van der Waals surface area contributed by atoms with Gasteiger partial charge in [-0.1, -0.05) is 12.1 Å². The number of aromatic nitrogens is 3. The quantitative estimate of drug-likeness (QED) is 0.833. The smallest absolute Gasteiger partial charge is 0.303 e. The third kappa shape index (κ3) is 2.80. The minimum absolute atomic E-state index is 0.00211. The lowest BCUT2D eigenvalue weighted by Crippen LogP contribution is -2.27. The molecule has 1 aromatic heterocycles. The Labute approximate surface area is 117 Å². The van der Waals surface area contributed by atoms with Crippen LogP contribution in [-0.2, 0) is 11.2 Å². The third-order valence-corrected chi connectivity index (χ3v) is 2.88. The molecule has 8 heteroatoms. The summed E-state index contributed by atoms with van der Waals surface area (Å²) in [6, 6.07) is 5.66. The van der Waals surface area contributed by atoms with Crippen LogP contribution in [0.4, 0.5) is 4.39 Å². The Kier molecular flexibility index (Phi) is 4.04. The molecule has 0 aliphatic heterocycles. The summed E-state index contributed by atoms with van der Waals surface area (Å²) in [4.78, 5) is 22.7. The van der Waals surface area contributed by atoms with Crippen LogP contribution < -0.4 is 5.56 Å². The Morgan fingerprint density at radius 2 is 2.15 bits per heavy atom. The number of aryl methyl sites for hydroxylation is 1. The third-order valence-electron chi connectivity index (χ3n) is 2.61. The normalized spacial score (nSPS) is 10.4. The molecule has 0 saturated carbocycles. The lowest BCUT2D eigenvalue weighted by atomic mass is 10.2. The number of nitrogens with one attached hydrogen (secondary N) is 1. The molecule has 0 unspecified atom stereocenters. The zero-order valence-corrected chi connectivity index (χ0v) is 11.0. The standard InChI is InChI=1S/C12H10FN3O3S/c13-7-3-1-2-4-9(7)16-11(19)8(5-6-10(17)18)14-15-12(16)20/h1-4H,5-6H2,(H,15,20)(H,17,18). The second-order valence-electron chi connectivity index (χ2n) is 3.96. The molecule has 2 N–H and O–H groups in total. The van der Waals surface area contributed by atoms with Crippen molar-refractivity contribution < 1.29 is 14.3 Å². The van der Waals surface area contributed by atoms with E-state index in [0.717, 1.165) is 4.57 Å². The van der Waals surface area contributed by atoms with Gasteiger partial charge >= 0.3 is 5.97 Å². The van der Waals surface area contributed by atoms with E-state index in [1.165, 1.54) is 18.2 Å². The van der Waals surface area contributed by atoms with Crippen LogP contribution in [-0.4, -0.2) is 25.8 Å². The van der Waals surface area contributed by atoms with Crippen molar-refractivity contribution in [2.45, 2.75) is 12.8 Å². The number of halogens is 1. The number of benzene rings is 1. The zero-order valence-electron chi connectivity index (χ0n) is 10.2. The molecule has 104 valence electrons. The van der Waals surface area contributed by atoms with Crippen LogP contribution in [0.2, 0.25) is 0 Å². The Morgan fingerprint density at radius 3 is 2.80 bits per heavy atom. The number of hydrogen-bond donors (Lipinski definition) is 2. The fourth-order valence-electron chi connectivity index (χ4n) is 1.67. The minimum atomic E-state index is -1.05. The first-order valence-corrected chi connectivity index (χ1v) is 6.09. The first kappa shape index (κ1) is 14.1. The number of aromatic amines is 1. The first-order chi connectivity index (χ1) is 9.50. The van der Waals surface area contributed by atoms with Crippen LogP contribution in [0.25, 0.3) is 5.69 Å². The summed E-state index contributed by atoms with van der Waals surface area (Å²) >= 11 is 4.94. The number of carboxylic acids is 1. The highest BCUT2D eigenvalue weighted by Gasteiger charge is 2.13. The topological polar surface area (TPSA) is 88.0 Å². The lowest BCUT2D eigenvalue weighted by Gasteiger charge is -2.08. The zero-order chi connectivity index (χ0) is 14.7. The molecule has 1 aromatic carbocycles. The van der Waals surface area contributed by atoms with Crippen LogP contribution in [0.3, 0.4) is 0 Å². The summed E-state index contributed by atoms with van der Waals surface area (Å²) in [5, 5.41) is 14.8. The van der Waals surface area contributed by atoms with Crippen molar-refractivity contribution in [3.05, 3.63) is 50.9 Å². The van der Waals surface area contributed by atoms with E-state index in [9.17, 15) is 14.0 Å². The first-order valence-electron chi connectivity index (χ1n) is 5.68. The van der Waals surface area contributed by atoms with E-state index in [1.807, 2.05) is 0 Å². The molecule has 0 aliphatic rings. The van der Waals surface area contributed by atoms with Crippen molar-refractivity contribution in [1.29, 1.82) is 0 Å². The van der Waals surface area contributed by atoms with Gasteiger partial charge in [-0.25, -0.2) is 8.96 Å². The second kappa shape index (κ2) is 5.74. The van der Waals surface area contributed by atoms with Crippen molar-refractivity contribution >= 4 is 18.2 Å². The van der Waals surface area contributed by atoms with Gasteiger partial charge in [0.15, 0.2) is 0 Å². The van der Waals surface area contributed by atoms with Gasteiger partial charge < -0.3 is 5.11 Å². The molecule has 0 amide bonds. The van der Waals surface area contributed by atoms with Gasteiger partial charge in [-0.05, 0) is 24.4 Å². The number of rotatable bonds is 4. The summed E-state index contributed by atoms with van der Waals surface area (Å²) in [6.07, 6.45) is -0.307. The van der Waals surface area contributed by atoms with Crippen molar-refractivity contribution in [3.63, 3.8) is 0 Å². The van der Waals surface area contributed by atoms with E-state index in [4.69, 9.17) is 17.3 Å². The highest BCUT2D eigenvalue weighted by molar-refractivity contribution is 7.71. The molecular weight excluding hydrogens is 285 g/mol. The molecule has 0 radical (unpaired) electrons. The average Bonchev–Trinajstić information content (AvgIpc) is 2.40. The summed E-state index contributed by atoms with van der Waals surface area (Å²) < 4.78 is 14.7. The van der Waals surface area contributed by atoms with Gasteiger partial charge in [0.05, 0.1) is 12.1 Å². The van der Waals surface area contributed by atoms with Gasteiger partial charge in [-0.2, -0.15) is 5.10 Å². The number of para-hydroxylation sites is 1. The molecule has 20 heavy (non-hydrogen) atoms. The number of hydrogen-bond acceptors (Lipinski definition) is 4. The number of carbonyl (C=O) groups is 1. The molecule has 0 spiro atoms. The maximum absolute atomic E-state index is 13.7. The van der Waals surface area contributed by atoms with E-state index in [0.29, 0.717) is 0 Å². The van der Waals surface area contributed by atoms with Gasteiger partial charge in [0.25, 0.3) is 5.56 Å². The van der Waals surface area contributed by atoms with E-state index in [1.54, 1.807) is 6.07 Å². The van der Waals surface area contributed by atoms with Crippen LogP contribution >= 0.6 is 12.2 Å². The maximum Gasteiger partial charge on any atom is 0.303 e. The summed E-state index contributed by atoms with van der Waals surface area (Å²) in [5.74, 6) is -1.66. The van der Waals surface area contributed by atoms with Crippen molar-refractivity contribution in [1.82, 2.24) is 14.8 Å². The molecule has 0 saturated heterocycles. The molecule has 2 rings (SSSR count). The number of nitrogens with zero attached hydrogens (tertiary/aromatic N) is 2. The molecule has 0 bridgehead atoms.